The van der Waals surface area contributed by atoms with Crippen molar-refractivity contribution in [3.63, 3.8) is 0 Å². The number of methoxy groups -OCH3 is 2. The van der Waals surface area contributed by atoms with E-state index < -0.39 is 12.6 Å². The molecule has 172 valence electrons. The van der Waals surface area contributed by atoms with Crippen molar-refractivity contribution in [2.75, 3.05) is 26.1 Å². The molecule has 2 aromatic carbocycles. The first-order valence-corrected chi connectivity index (χ1v) is 11.0. The van der Waals surface area contributed by atoms with Crippen molar-refractivity contribution in [1.82, 2.24) is 0 Å². The molecular weight excluding hydrogens is 442 g/mol. The highest BCUT2D eigenvalue weighted by Crippen LogP contribution is 2.34. The van der Waals surface area contributed by atoms with Crippen molar-refractivity contribution in [2.45, 2.75) is 20.8 Å². The number of amides is 1. The molecule has 0 atom stereocenters. The molecule has 1 amide bonds. The van der Waals surface area contributed by atoms with E-state index in [-0.39, 0.29) is 28.7 Å². The summed E-state index contributed by atoms with van der Waals surface area (Å²) in [5.74, 6) is -0.836. The van der Waals surface area contributed by atoms with Crippen LogP contribution in [0.25, 0.3) is 0 Å². The molecule has 0 fully saturated rings. The minimum Gasteiger partial charge on any atom is -0.493 e. The Kier molecular flexibility index (Phi) is 7.50. The first-order valence-electron chi connectivity index (χ1n) is 10.1. The van der Waals surface area contributed by atoms with Gasteiger partial charge in [-0.15, -0.1) is 11.3 Å². The van der Waals surface area contributed by atoms with Crippen LogP contribution in [0.4, 0.5) is 5.69 Å². The Balaban J connectivity index is 1.86. The predicted octanol–water partition coefficient (Wildman–Crippen LogP) is 4.98. The number of carbonyl (C=O) groups excluding carboxylic acids is 3. The minimum absolute atomic E-state index is 0.0442. The fraction of sp³-hybridized carbons (Fsp3) is 0.240. The number of anilines is 1. The number of hydrogen-bond donors (Lipinski definition) is 1. The second-order valence-corrected chi connectivity index (χ2v) is 8.40. The van der Waals surface area contributed by atoms with E-state index in [4.69, 9.17) is 14.2 Å². The number of esters is 1. The Morgan fingerprint density at radius 2 is 1.58 bits per heavy atom. The van der Waals surface area contributed by atoms with Gasteiger partial charge < -0.3 is 19.5 Å². The van der Waals surface area contributed by atoms with Gasteiger partial charge in [0.15, 0.2) is 18.1 Å². The first kappa shape index (κ1) is 24.0. The number of ether oxygens (including phenoxy) is 3. The van der Waals surface area contributed by atoms with E-state index in [9.17, 15) is 14.4 Å². The smallest absolute Gasteiger partial charge is 0.340 e. The van der Waals surface area contributed by atoms with Crippen molar-refractivity contribution in [2.24, 2.45) is 0 Å². The van der Waals surface area contributed by atoms with E-state index in [0.717, 1.165) is 16.7 Å². The summed E-state index contributed by atoms with van der Waals surface area (Å²) >= 11 is 1.27. The molecule has 0 spiro atoms. The molecule has 0 bridgehead atoms. The minimum atomic E-state index is -0.770. The van der Waals surface area contributed by atoms with Crippen molar-refractivity contribution in [3.8, 4) is 11.5 Å². The highest BCUT2D eigenvalue weighted by atomic mass is 32.1. The van der Waals surface area contributed by atoms with Crippen LogP contribution in [0.3, 0.4) is 0 Å². The van der Waals surface area contributed by atoms with Gasteiger partial charge in [0.2, 0.25) is 5.78 Å². The number of nitrogens with one attached hydrogen (secondary N) is 1. The standard InChI is InChI=1S/C25H25NO6S/c1-14-9-15(2)23(16(3)10-14)19(27)13-32-25(29)17-11-20(30-4)21(31-5)12-18(17)26-24(28)22-7-6-8-33-22/h6-12H,13H2,1-5H3,(H,26,28). The number of rotatable bonds is 8. The Labute approximate surface area is 196 Å². The highest BCUT2D eigenvalue weighted by Gasteiger charge is 2.22. The van der Waals surface area contributed by atoms with Crippen LogP contribution in [0.5, 0.6) is 11.5 Å². The van der Waals surface area contributed by atoms with Gasteiger partial charge in [-0.1, -0.05) is 23.8 Å². The third-order valence-electron chi connectivity index (χ3n) is 5.03. The number of carbonyl (C=O) groups is 3. The SMILES string of the molecule is COc1cc(NC(=O)c2cccs2)c(C(=O)OCC(=O)c2c(C)cc(C)cc2C)cc1OC. The summed E-state index contributed by atoms with van der Waals surface area (Å²) in [7, 11) is 2.88. The van der Waals surface area contributed by atoms with Crippen LogP contribution in [0.1, 0.15) is 47.1 Å². The maximum absolute atomic E-state index is 12.9. The maximum atomic E-state index is 12.9. The Hall–Kier alpha value is -3.65. The molecule has 0 saturated carbocycles. The van der Waals surface area contributed by atoms with Crippen LogP contribution in [0.15, 0.2) is 41.8 Å². The van der Waals surface area contributed by atoms with Crippen LogP contribution >= 0.6 is 11.3 Å². The van der Waals surface area contributed by atoms with Gasteiger partial charge in [0.1, 0.15) is 0 Å². The lowest BCUT2D eigenvalue weighted by atomic mass is 9.97. The molecule has 3 rings (SSSR count). The fourth-order valence-electron chi connectivity index (χ4n) is 3.64. The van der Waals surface area contributed by atoms with Gasteiger partial charge >= 0.3 is 5.97 Å². The van der Waals surface area contributed by atoms with Crippen LogP contribution in [0, 0.1) is 20.8 Å². The van der Waals surface area contributed by atoms with Crippen LogP contribution < -0.4 is 14.8 Å². The number of ketones is 1. The summed E-state index contributed by atoms with van der Waals surface area (Å²) in [5, 5.41) is 4.49. The molecule has 0 unspecified atom stereocenters. The van der Waals surface area contributed by atoms with Gasteiger partial charge in [0.25, 0.3) is 5.91 Å². The topological polar surface area (TPSA) is 90.9 Å². The summed E-state index contributed by atoms with van der Waals surface area (Å²) in [5.41, 5.74) is 3.46. The quantitative estimate of drug-likeness (QED) is 0.371. The monoisotopic (exact) mass is 467 g/mol. The second-order valence-electron chi connectivity index (χ2n) is 7.46. The molecule has 33 heavy (non-hydrogen) atoms. The van der Waals surface area contributed by atoms with E-state index in [1.807, 2.05) is 32.9 Å². The maximum Gasteiger partial charge on any atom is 0.340 e. The van der Waals surface area contributed by atoms with Crippen molar-refractivity contribution < 1.29 is 28.6 Å². The van der Waals surface area contributed by atoms with E-state index in [0.29, 0.717) is 16.2 Å². The number of Topliss-reactive ketones (excluding diaryl/α,β-unsaturated/α-hetero) is 1. The molecule has 1 heterocycles. The molecule has 0 aliphatic carbocycles. The first-order chi connectivity index (χ1) is 15.7. The largest absolute Gasteiger partial charge is 0.493 e. The zero-order valence-electron chi connectivity index (χ0n) is 19.1. The normalized spacial score (nSPS) is 10.5. The van der Waals surface area contributed by atoms with Crippen molar-refractivity contribution in [3.05, 3.63) is 74.5 Å². The van der Waals surface area contributed by atoms with E-state index in [2.05, 4.69) is 5.32 Å². The summed E-state index contributed by atoms with van der Waals surface area (Å²) in [6, 6.07) is 10.1. The number of thiophene rings is 1. The van der Waals surface area contributed by atoms with Gasteiger partial charge in [-0.05, 0) is 43.3 Å². The third-order valence-corrected chi connectivity index (χ3v) is 5.90. The van der Waals surface area contributed by atoms with Gasteiger partial charge in [-0.2, -0.15) is 0 Å². The van der Waals surface area contributed by atoms with Gasteiger partial charge in [-0.25, -0.2) is 4.79 Å². The molecule has 8 heteroatoms. The predicted molar refractivity (Wildman–Crippen MR) is 127 cm³/mol. The highest BCUT2D eigenvalue weighted by molar-refractivity contribution is 7.12. The molecule has 3 aromatic rings. The molecule has 0 radical (unpaired) electrons. The van der Waals surface area contributed by atoms with Gasteiger partial charge in [0, 0.05) is 17.7 Å². The summed E-state index contributed by atoms with van der Waals surface area (Å²) in [6.07, 6.45) is 0. The number of hydrogen-bond acceptors (Lipinski definition) is 7. The number of aryl methyl sites for hydroxylation is 3. The lowest BCUT2D eigenvalue weighted by molar-refractivity contribution is 0.0475. The second kappa shape index (κ2) is 10.3. The third kappa shape index (κ3) is 5.40. The van der Waals surface area contributed by atoms with E-state index in [1.165, 1.54) is 37.7 Å². The molecular formula is C25H25NO6S. The Morgan fingerprint density at radius 3 is 2.15 bits per heavy atom. The molecule has 0 aliphatic heterocycles. The van der Waals surface area contributed by atoms with Crippen LogP contribution in [-0.2, 0) is 4.74 Å². The van der Waals surface area contributed by atoms with Crippen LogP contribution in [-0.4, -0.2) is 38.5 Å². The lowest BCUT2D eigenvalue weighted by Crippen LogP contribution is -2.19. The van der Waals surface area contributed by atoms with Gasteiger partial charge in [0.05, 0.1) is 30.3 Å². The molecule has 1 N–H and O–H groups in total. The molecule has 1 aromatic heterocycles. The van der Waals surface area contributed by atoms with E-state index >= 15 is 0 Å². The summed E-state index contributed by atoms with van der Waals surface area (Å²) < 4.78 is 15.9. The Bertz CT molecular complexity index is 1180. The lowest BCUT2D eigenvalue weighted by Gasteiger charge is -2.15. The summed E-state index contributed by atoms with van der Waals surface area (Å²) in [6.45, 7) is 5.22. The van der Waals surface area contributed by atoms with E-state index in [1.54, 1.807) is 17.5 Å². The van der Waals surface area contributed by atoms with Crippen LogP contribution in [0.2, 0.25) is 0 Å². The number of benzene rings is 2. The van der Waals surface area contributed by atoms with Crippen molar-refractivity contribution >= 4 is 34.7 Å². The Morgan fingerprint density at radius 1 is 0.939 bits per heavy atom. The fourth-order valence-corrected chi connectivity index (χ4v) is 4.26. The van der Waals surface area contributed by atoms with Gasteiger partial charge in [-0.3, -0.25) is 9.59 Å². The van der Waals surface area contributed by atoms with Crippen molar-refractivity contribution in [1.29, 1.82) is 0 Å². The zero-order chi connectivity index (χ0) is 24.1. The zero-order valence-corrected chi connectivity index (χ0v) is 19.9. The molecule has 7 nitrogen and oxygen atoms in total. The molecule has 0 aliphatic rings. The average molecular weight is 468 g/mol. The molecule has 0 saturated heterocycles. The summed E-state index contributed by atoms with van der Waals surface area (Å²) in [4.78, 5) is 38.8. The average Bonchev–Trinajstić information content (AvgIpc) is 3.31.